The van der Waals surface area contributed by atoms with Crippen LogP contribution in [0.1, 0.15) is 43.0 Å². The summed E-state index contributed by atoms with van der Waals surface area (Å²) in [6.07, 6.45) is 7.03. The molecule has 0 amide bonds. The molecule has 3 rings (SSSR count). The highest BCUT2D eigenvalue weighted by Crippen LogP contribution is 2.30. The quantitative estimate of drug-likeness (QED) is 0.811. The highest BCUT2D eigenvalue weighted by molar-refractivity contribution is 7.80. The van der Waals surface area contributed by atoms with E-state index in [0.717, 1.165) is 23.8 Å². The zero-order chi connectivity index (χ0) is 16.2. The number of nitrogens with zero attached hydrogens (tertiary/aromatic N) is 2. The number of thiocarbonyl (C=S) groups is 1. The summed E-state index contributed by atoms with van der Waals surface area (Å²) in [5.41, 5.74) is 3.67. The molecule has 1 aliphatic rings. The number of aryl methyl sites for hydroxylation is 2. The first-order chi connectivity index (χ1) is 11.1. The molecule has 0 spiro atoms. The second kappa shape index (κ2) is 7.18. The molecule has 3 nitrogen and oxygen atoms in total. The maximum absolute atomic E-state index is 5.75. The van der Waals surface area contributed by atoms with E-state index in [1.54, 1.807) is 0 Å². The Morgan fingerprint density at radius 2 is 1.91 bits per heavy atom. The molecule has 1 atom stereocenters. The van der Waals surface area contributed by atoms with Crippen LogP contribution in [0.4, 0.5) is 5.69 Å². The molecule has 2 aromatic rings. The molecule has 1 saturated heterocycles. The molecule has 0 unspecified atom stereocenters. The molecule has 0 aliphatic carbocycles. The number of hydrogen-bond donors (Lipinski definition) is 1. The van der Waals surface area contributed by atoms with Crippen LogP contribution in [0.3, 0.4) is 0 Å². The first kappa shape index (κ1) is 16.1. The van der Waals surface area contributed by atoms with Gasteiger partial charge in [0.05, 0.1) is 6.04 Å². The summed E-state index contributed by atoms with van der Waals surface area (Å²) in [6.45, 7) is 3.12. The van der Waals surface area contributed by atoms with Crippen molar-refractivity contribution in [1.82, 2.24) is 9.47 Å². The second-order valence-corrected chi connectivity index (χ2v) is 6.79. The fourth-order valence-electron chi connectivity index (χ4n) is 3.31. The monoisotopic (exact) mass is 327 g/mol. The van der Waals surface area contributed by atoms with Gasteiger partial charge in [-0.15, -0.1) is 0 Å². The number of likely N-dealkylation sites (tertiary alicyclic amines) is 1. The molecule has 1 aromatic carbocycles. The molecule has 23 heavy (non-hydrogen) atoms. The average Bonchev–Trinajstić information content (AvgIpc) is 2.82. The fourth-order valence-corrected chi connectivity index (χ4v) is 3.65. The molecule has 1 aliphatic heterocycles. The van der Waals surface area contributed by atoms with E-state index in [0.29, 0.717) is 6.04 Å². The summed E-state index contributed by atoms with van der Waals surface area (Å²) < 4.78 is 2.22. The van der Waals surface area contributed by atoms with Crippen molar-refractivity contribution in [2.24, 2.45) is 7.05 Å². The van der Waals surface area contributed by atoms with Gasteiger partial charge in [0.2, 0.25) is 0 Å². The lowest BCUT2D eigenvalue weighted by molar-refractivity contribution is 0.315. The molecule has 1 fully saturated rings. The van der Waals surface area contributed by atoms with Gasteiger partial charge < -0.3 is 14.8 Å². The van der Waals surface area contributed by atoms with Gasteiger partial charge in [-0.25, -0.2) is 0 Å². The molecule has 0 saturated carbocycles. The van der Waals surface area contributed by atoms with Crippen molar-refractivity contribution in [1.29, 1.82) is 0 Å². The Hall–Kier alpha value is -1.81. The average molecular weight is 327 g/mol. The van der Waals surface area contributed by atoms with Gasteiger partial charge in [0, 0.05) is 31.2 Å². The number of rotatable bonds is 2. The molecule has 1 N–H and O–H groups in total. The van der Waals surface area contributed by atoms with Crippen molar-refractivity contribution in [2.45, 2.75) is 38.6 Å². The van der Waals surface area contributed by atoms with E-state index in [1.165, 1.54) is 30.5 Å². The van der Waals surface area contributed by atoms with Gasteiger partial charge in [0.15, 0.2) is 5.11 Å². The van der Waals surface area contributed by atoms with Crippen LogP contribution < -0.4 is 5.32 Å². The molecule has 0 bridgehead atoms. The molecule has 0 radical (unpaired) electrons. The van der Waals surface area contributed by atoms with Crippen molar-refractivity contribution < 1.29 is 0 Å². The third kappa shape index (κ3) is 3.75. The van der Waals surface area contributed by atoms with Gasteiger partial charge in [-0.2, -0.15) is 0 Å². The number of benzene rings is 1. The zero-order valence-corrected chi connectivity index (χ0v) is 14.8. The predicted molar refractivity (Wildman–Crippen MR) is 101 cm³/mol. The Bertz CT molecular complexity index is 660. The van der Waals surface area contributed by atoms with E-state index < -0.39 is 0 Å². The third-order valence-corrected chi connectivity index (χ3v) is 4.98. The van der Waals surface area contributed by atoms with Gasteiger partial charge in [0.25, 0.3) is 0 Å². The SMILES string of the molecule is Cc1ccc(NC(=S)N2CCCCC[C@H]2c2cccn2C)cc1. The van der Waals surface area contributed by atoms with Crippen molar-refractivity contribution in [2.75, 3.05) is 11.9 Å². The molecule has 4 heteroatoms. The lowest BCUT2D eigenvalue weighted by atomic mass is 10.1. The minimum atomic E-state index is 0.364. The van der Waals surface area contributed by atoms with E-state index in [2.05, 4.69) is 71.4 Å². The summed E-state index contributed by atoms with van der Waals surface area (Å²) in [6, 6.07) is 13.1. The van der Waals surface area contributed by atoms with Crippen molar-refractivity contribution in [3.05, 3.63) is 53.9 Å². The Labute approximate surface area is 144 Å². The highest BCUT2D eigenvalue weighted by atomic mass is 32.1. The van der Waals surface area contributed by atoms with Crippen molar-refractivity contribution in [3.8, 4) is 0 Å². The number of anilines is 1. The maximum atomic E-state index is 5.75. The standard InChI is InChI=1S/C19H25N3S/c1-15-9-11-16(12-10-15)20-19(23)22-14-5-3-4-7-18(22)17-8-6-13-21(17)2/h6,8-13,18H,3-5,7,14H2,1-2H3,(H,20,23)/t18-/m0/s1. The lowest BCUT2D eigenvalue weighted by Gasteiger charge is -2.33. The lowest BCUT2D eigenvalue weighted by Crippen LogP contribution is -2.38. The van der Waals surface area contributed by atoms with Crippen LogP contribution in [0, 0.1) is 6.92 Å². The van der Waals surface area contributed by atoms with Gasteiger partial charge >= 0.3 is 0 Å². The third-order valence-electron chi connectivity index (χ3n) is 4.64. The van der Waals surface area contributed by atoms with Crippen LogP contribution >= 0.6 is 12.2 Å². The van der Waals surface area contributed by atoms with Crippen LogP contribution in [-0.2, 0) is 7.05 Å². The van der Waals surface area contributed by atoms with Crippen LogP contribution in [0.5, 0.6) is 0 Å². The molecule has 2 heterocycles. The van der Waals surface area contributed by atoms with Crippen LogP contribution in [0.2, 0.25) is 0 Å². The van der Waals surface area contributed by atoms with Gasteiger partial charge in [-0.1, -0.05) is 30.5 Å². The first-order valence-corrected chi connectivity index (χ1v) is 8.81. The molecule has 122 valence electrons. The number of nitrogens with one attached hydrogen (secondary N) is 1. The van der Waals surface area contributed by atoms with E-state index in [4.69, 9.17) is 12.2 Å². The summed E-state index contributed by atoms with van der Waals surface area (Å²) in [5, 5.41) is 4.26. The second-order valence-electron chi connectivity index (χ2n) is 6.40. The molecular formula is C19H25N3S. The number of hydrogen-bond acceptors (Lipinski definition) is 1. The Morgan fingerprint density at radius 1 is 1.13 bits per heavy atom. The largest absolute Gasteiger partial charge is 0.353 e. The van der Waals surface area contributed by atoms with Crippen molar-refractivity contribution >= 4 is 23.0 Å². The fraction of sp³-hybridized carbons (Fsp3) is 0.421. The minimum Gasteiger partial charge on any atom is -0.353 e. The molecular weight excluding hydrogens is 302 g/mol. The Balaban J connectivity index is 1.80. The molecule has 1 aromatic heterocycles. The van der Waals surface area contributed by atoms with Gasteiger partial charge in [-0.3, -0.25) is 0 Å². The summed E-state index contributed by atoms with van der Waals surface area (Å²) in [5.74, 6) is 0. The smallest absolute Gasteiger partial charge is 0.173 e. The topological polar surface area (TPSA) is 20.2 Å². The van der Waals surface area contributed by atoms with Gasteiger partial charge in [0.1, 0.15) is 0 Å². The zero-order valence-electron chi connectivity index (χ0n) is 14.0. The summed E-state index contributed by atoms with van der Waals surface area (Å²) >= 11 is 5.75. The van der Waals surface area contributed by atoms with Crippen LogP contribution in [-0.4, -0.2) is 21.1 Å². The van der Waals surface area contributed by atoms with E-state index in [-0.39, 0.29) is 0 Å². The van der Waals surface area contributed by atoms with Crippen LogP contribution in [0.25, 0.3) is 0 Å². The van der Waals surface area contributed by atoms with E-state index in [9.17, 15) is 0 Å². The van der Waals surface area contributed by atoms with Gasteiger partial charge in [-0.05, 0) is 56.2 Å². The van der Waals surface area contributed by atoms with E-state index in [1.807, 2.05) is 0 Å². The van der Waals surface area contributed by atoms with Crippen molar-refractivity contribution in [3.63, 3.8) is 0 Å². The normalized spacial score (nSPS) is 18.5. The first-order valence-electron chi connectivity index (χ1n) is 8.40. The Kier molecular flexibility index (Phi) is 5.01. The number of aromatic nitrogens is 1. The summed E-state index contributed by atoms with van der Waals surface area (Å²) in [7, 11) is 2.12. The Morgan fingerprint density at radius 3 is 2.61 bits per heavy atom. The predicted octanol–water partition coefficient (Wildman–Crippen LogP) is 4.65. The van der Waals surface area contributed by atoms with Crippen LogP contribution in [0.15, 0.2) is 42.6 Å². The summed E-state index contributed by atoms with van der Waals surface area (Å²) in [4.78, 5) is 2.37. The maximum Gasteiger partial charge on any atom is 0.173 e. The highest BCUT2D eigenvalue weighted by Gasteiger charge is 2.26. The minimum absolute atomic E-state index is 0.364. The van der Waals surface area contributed by atoms with E-state index >= 15 is 0 Å².